The van der Waals surface area contributed by atoms with Crippen molar-refractivity contribution in [3.05, 3.63) is 0 Å². The minimum atomic E-state index is -0.135. The number of amides is 2. The maximum Gasteiger partial charge on any atom is 0.218 e. The van der Waals surface area contributed by atoms with Crippen molar-refractivity contribution >= 4 is 12.3 Å². The summed E-state index contributed by atoms with van der Waals surface area (Å²) >= 11 is 0. The molecule has 0 aromatic rings. The average Bonchev–Trinajstić information content (AvgIpc) is 1.83. The van der Waals surface area contributed by atoms with Gasteiger partial charge >= 0.3 is 0 Å². The molecule has 0 bridgehead atoms. The molecule has 0 aliphatic carbocycles. The molecule has 0 spiro atoms. The van der Waals surface area contributed by atoms with Gasteiger partial charge in [0.2, 0.25) is 12.3 Å². The molecule has 0 saturated carbocycles. The molecule has 0 heterocycles. The number of nitrogens with zero attached hydrogens (tertiary/aromatic N) is 1. The van der Waals surface area contributed by atoms with Gasteiger partial charge in [0.1, 0.15) is 0 Å². The van der Waals surface area contributed by atoms with Crippen LogP contribution in [-0.4, -0.2) is 30.9 Å². The number of nitrogens with one attached hydrogen (secondary N) is 1. The van der Waals surface area contributed by atoms with Crippen molar-refractivity contribution in [1.82, 2.24) is 10.2 Å². The predicted molar refractivity (Wildman–Crippen MR) is 32.5 cm³/mol. The van der Waals surface area contributed by atoms with Gasteiger partial charge in [0.25, 0.3) is 0 Å². The zero-order valence-corrected chi connectivity index (χ0v) is 5.55. The average molecular weight is 130 g/mol. The second-order valence-corrected chi connectivity index (χ2v) is 1.75. The monoisotopic (exact) mass is 130 g/mol. The Morgan fingerprint density at radius 3 is 2.67 bits per heavy atom. The van der Waals surface area contributed by atoms with Crippen molar-refractivity contribution in [3.8, 4) is 0 Å². The summed E-state index contributed by atoms with van der Waals surface area (Å²) in [7, 11) is 1.59. The molecule has 2 amide bonds. The van der Waals surface area contributed by atoms with E-state index >= 15 is 0 Å². The maximum atomic E-state index is 10.2. The maximum absolute atomic E-state index is 10.2. The van der Waals surface area contributed by atoms with Crippen molar-refractivity contribution in [2.75, 3.05) is 13.7 Å². The Kier molecular flexibility index (Phi) is 3.43. The molecule has 0 aromatic heterocycles. The highest BCUT2D eigenvalue weighted by molar-refractivity contribution is 5.72. The van der Waals surface area contributed by atoms with E-state index in [1.54, 1.807) is 7.05 Å². The van der Waals surface area contributed by atoms with E-state index < -0.39 is 0 Å². The van der Waals surface area contributed by atoms with Gasteiger partial charge in [0.05, 0.1) is 6.67 Å². The van der Waals surface area contributed by atoms with Gasteiger partial charge in [-0.15, -0.1) is 0 Å². The van der Waals surface area contributed by atoms with E-state index in [0.717, 1.165) is 0 Å². The van der Waals surface area contributed by atoms with Gasteiger partial charge in [-0.3, -0.25) is 9.59 Å². The van der Waals surface area contributed by atoms with Crippen LogP contribution in [0.4, 0.5) is 0 Å². The van der Waals surface area contributed by atoms with Crippen molar-refractivity contribution in [1.29, 1.82) is 0 Å². The summed E-state index contributed by atoms with van der Waals surface area (Å²) in [6.45, 7) is 1.68. The van der Waals surface area contributed by atoms with Gasteiger partial charge < -0.3 is 10.2 Å². The highest BCUT2D eigenvalue weighted by Crippen LogP contribution is 1.68. The Bertz CT molecular complexity index is 114. The number of carbonyl (C=O) groups excluding carboxylic acids is 2. The Morgan fingerprint density at radius 1 is 1.78 bits per heavy atom. The third-order valence-corrected chi connectivity index (χ3v) is 0.757. The molecule has 0 atom stereocenters. The Morgan fingerprint density at radius 2 is 2.33 bits per heavy atom. The summed E-state index contributed by atoms with van der Waals surface area (Å²) in [6, 6.07) is 0. The lowest BCUT2D eigenvalue weighted by Gasteiger charge is -2.09. The number of hydrogen-bond acceptors (Lipinski definition) is 2. The van der Waals surface area contributed by atoms with E-state index in [-0.39, 0.29) is 12.6 Å². The molecule has 0 aliphatic rings. The second-order valence-electron chi connectivity index (χ2n) is 1.75. The van der Waals surface area contributed by atoms with E-state index in [1.807, 2.05) is 0 Å². The fourth-order valence-electron chi connectivity index (χ4n) is 0.273. The van der Waals surface area contributed by atoms with Crippen LogP contribution < -0.4 is 5.32 Å². The smallest absolute Gasteiger partial charge is 0.218 e. The summed E-state index contributed by atoms with van der Waals surface area (Å²) in [5.41, 5.74) is 0. The molecule has 0 fully saturated rings. The minimum absolute atomic E-state index is 0.135. The number of carbonyl (C=O) groups is 2. The molecule has 0 unspecified atom stereocenters. The highest BCUT2D eigenvalue weighted by atomic mass is 16.2. The Balaban J connectivity index is 3.26. The highest BCUT2D eigenvalue weighted by Gasteiger charge is 1.91. The first-order valence-electron chi connectivity index (χ1n) is 2.57. The van der Waals surface area contributed by atoms with Crippen LogP contribution >= 0.6 is 0 Å². The minimum Gasteiger partial charge on any atom is -0.339 e. The summed E-state index contributed by atoms with van der Waals surface area (Å²) in [6.07, 6.45) is 0.649. The molecule has 4 nitrogen and oxygen atoms in total. The lowest BCUT2D eigenvalue weighted by Crippen LogP contribution is -2.32. The Hall–Kier alpha value is -1.06. The predicted octanol–water partition coefficient (Wildman–Crippen LogP) is -0.832. The van der Waals surface area contributed by atoms with Crippen LogP contribution in [0.1, 0.15) is 6.92 Å². The standard InChI is InChI=1S/C5H10N2O2/c1-5(9)6-3-7(2)4-8/h4H,3H2,1-2H3,(H,6,9). The molecule has 0 aliphatic heterocycles. The molecule has 4 heteroatoms. The molecule has 1 N–H and O–H groups in total. The fraction of sp³-hybridized carbons (Fsp3) is 0.600. The molecule has 0 aromatic carbocycles. The topological polar surface area (TPSA) is 49.4 Å². The first-order chi connectivity index (χ1) is 4.16. The third-order valence-electron chi connectivity index (χ3n) is 0.757. The Labute approximate surface area is 53.8 Å². The molecule has 52 valence electrons. The van der Waals surface area contributed by atoms with E-state index in [1.165, 1.54) is 11.8 Å². The second kappa shape index (κ2) is 3.88. The first kappa shape index (κ1) is 7.94. The van der Waals surface area contributed by atoms with Crippen LogP contribution in [0.5, 0.6) is 0 Å². The van der Waals surface area contributed by atoms with Crippen LogP contribution in [0.25, 0.3) is 0 Å². The summed E-state index contributed by atoms with van der Waals surface area (Å²) in [5, 5.41) is 2.45. The van der Waals surface area contributed by atoms with E-state index in [2.05, 4.69) is 5.32 Å². The molecule has 0 rings (SSSR count). The lowest BCUT2D eigenvalue weighted by atomic mass is 10.7. The fourth-order valence-corrected chi connectivity index (χ4v) is 0.273. The summed E-state index contributed by atoms with van der Waals surface area (Å²) < 4.78 is 0. The van der Waals surface area contributed by atoms with Crippen LogP contribution in [0, 0.1) is 0 Å². The third kappa shape index (κ3) is 4.80. The van der Waals surface area contributed by atoms with E-state index in [0.29, 0.717) is 6.41 Å². The molecule has 0 saturated heterocycles. The van der Waals surface area contributed by atoms with Crippen LogP contribution in [-0.2, 0) is 9.59 Å². The van der Waals surface area contributed by atoms with E-state index in [9.17, 15) is 9.59 Å². The van der Waals surface area contributed by atoms with Gasteiger partial charge in [-0.05, 0) is 0 Å². The van der Waals surface area contributed by atoms with Crippen LogP contribution in [0.2, 0.25) is 0 Å². The molecular weight excluding hydrogens is 120 g/mol. The van der Waals surface area contributed by atoms with E-state index in [4.69, 9.17) is 0 Å². The first-order valence-corrected chi connectivity index (χ1v) is 2.57. The summed E-state index contributed by atoms with van der Waals surface area (Å²) in [4.78, 5) is 21.4. The van der Waals surface area contributed by atoms with Gasteiger partial charge in [0.15, 0.2) is 0 Å². The molecular formula is C5H10N2O2. The van der Waals surface area contributed by atoms with Crippen molar-refractivity contribution < 1.29 is 9.59 Å². The number of hydrogen-bond donors (Lipinski definition) is 1. The van der Waals surface area contributed by atoms with Gasteiger partial charge in [-0.1, -0.05) is 0 Å². The van der Waals surface area contributed by atoms with Crippen molar-refractivity contribution in [2.24, 2.45) is 0 Å². The van der Waals surface area contributed by atoms with Gasteiger partial charge in [-0.2, -0.15) is 0 Å². The van der Waals surface area contributed by atoms with Crippen molar-refractivity contribution in [2.45, 2.75) is 6.92 Å². The van der Waals surface area contributed by atoms with Crippen LogP contribution in [0.3, 0.4) is 0 Å². The zero-order valence-electron chi connectivity index (χ0n) is 5.55. The molecule has 9 heavy (non-hydrogen) atoms. The zero-order chi connectivity index (χ0) is 7.28. The molecule has 0 radical (unpaired) electrons. The normalized spacial score (nSPS) is 8.22. The van der Waals surface area contributed by atoms with Gasteiger partial charge in [0, 0.05) is 14.0 Å². The number of rotatable bonds is 3. The largest absolute Gasteiger partial charge is 0.339 e. The SMILES string of the molecule is CC(=O)NCN(C)C=O. The van der Waals surface area contributed by atoms with Crippen LogP contribution in [0.15, 0.2) is 0 Å². The summed E-state index contributed by atoms with van der Waals surface area (Å²) in [5.74, 6) is -0.135. The van der Waals surface area contributed by atoms with Gasteiger partial charge in [-0.25, -0.2) is 0 Å². The lowest BCUT2D eigenvalue weighted by molar-refractivity contribution is -0.121. The quantitative estimate of drug-likeness (QED) is 0.400. The van der Waals surface area contributed by atoms with Crippen molar-refractivity contribution in [3.63, 3.8) is 0 Å².